The predicted molar refractivity (Wildman–Crippen MR) is 49.4 cm³/mol. The molecule has 14 heavy (non-hydrogen) atoms. The first-order valence-corrected chi connectivity index (χ1v) is 4.48. The molecule has 1 aliphatic rings. The third-order valence-corrected chi connectivity index (χ3v) is 1.95. The molecule has 4 nitrogen and oxygen atoms in total. The molecule has 1 aliphatic heterocycles. The highest BCUT2D eigenvalue weighted by molar-refractivity contribution is 5.52. The van der Waals surface area contributed by atoms with Crippen LogP contribution >= 0.6 is 0 Å². The van der Waals surface area contributed by atoms with Gasteiger partial charge in [0.15, 0.2) is 11.5 Å². The zero-order valence-corrected chi connectivity index (χ0v) is 8.11. The number of para-hydroxylation sites is 1. The first-order chi connectivity index (χ1) is 6.64. The Morgan fingerprint density at radius 3 is 2.86 bits per heavy atom. The second-order valence-corrected chi connectivity index (χ2v) is 3.10. The van der Waals surface area contributed by atoms with E-state index in [1.807, 2.05) is 6.92 Å². The van der Waals surface area contributed by atoms with Gasteiger partial charge in [0.05, 0.1) is 6.61 Å². The van der Waals surface area contributed by atoms with Crippen LogP contribution in [0.15, 0.2) is 18.2 Å². The summed E-state index contributed by atoms with van der Waals surface area (Å²) in [6.45, 7) is 3.99. The van der Waals surface area contributed by atoms with E-state index in [0.29, 0.717) is 18.1 Å². The summed E-state index contributed by atoms with van der Waals surface area (Å²) in [5, 5.41) is 9.47. The average molecular weight is 196 g/mol. The Morgan fingerprint density at radius 2 is 2.21 bits per heavy atom. The number of phenols is 1. The van der Waals surface area contributed by atoms with E-state index >= 15 is 0 Å². The van der Waals surface area contributed by atoms with Gasteiger partial charge in [-0.05, 0) is 19.1 Å². The Kier molecular flexibility index (Phi) is 2.00. The van der Waals surface area contributed by atoms with Crippen molar-refractivity contribution < 1.29 is 19.3 Å². The number of aromatic hydroxyl groups is 1. The highest BCUT2D eigenvalue weighted by Crippen LogP contribution is 2.45. The number of ether oxygens (including phenoxy) is 3. The number of fused-ring (bicyclic) bond motifs is 1. The molecule has 0 spiro atoms. The third kappa shape index (κ3) is 1.37. The topological polar surface area (TPSA) is 47.9 Å². The lowest BCUT2D eigenvalue weighted by atomic mass is 10.3. The zero-order chi connectivity index (χ0) is 10.2. The van der Waals surface area contributed by atoms with Crippen molar-refractivity contribution >= 4 is 0 Å². The van der Waals surface area contributed by atoms with Crippen LogP contribution in [-0.2, 0) is 4.74 Å². The van der Waals surface area contributed by atoms with E-state index in [2.05, 4.69) is 0 Å². The molecule has 0 saturated carbocycles. The van der Waals surface area contributed by atoms with Crippen LogP contribution in [0.1, 0.15) is 13.8 Å². The number of phenolic OH excluding ortho intramolecular Hbond substituents is 1. The zero-order valence-electron chi connectivity index (χ0n) is 8.11. The standard InChI is InChI=1S/C10H12O4/c1-3-12-10(2)13-8-6-4-5-7(11)9(8)14-10/h4-6,11H,3H2,1-2H3. The van der Waals surface area contributed by atoms with E-state index < -0.39 is 5.97 Å². The smallest absolute Gasteiger partial charge is 0.369 e. The first-order valence-electron chi connectivity index (χ1n) is 4.48. The summed E-state index contributed by atoms with van der Waals surface area (Å²) in [5.41, 5.74) is 0. The van der Waals surface area contributed by atoms with Crippen LogP contribution in [0.25, 0.3) is 0 Å². The van der Waals surface area contributed by atoms with Gasteiger partial charge < -0.3 is 19.3 Å². The van der Waals surface area contributed by atoms with Crippen LogP contribution in [0.2, 0.25) is 0 Å². The number of hydrogen-bond donors (Lipinski definition) is 1. The molecule has 1 aromatic rings. The van der Waals surface area contributed by atoms with Crippen LogP contribution in [0.3, 0.4) is 0 Å². The van der Waals surface area contributed by atoms with E-state index in [0.717, 1.165) is 0 Å². The molecule has 76 valence electrons. The van der Waals surface area contributed by atoms with Crippen LogP contribution in [0, 0.1) is 0 Å². The van der Waals surface area contributed by atoms with E-state index in [9.17, 15) is 5.11 Å². The monoisotopic (exact) mass is 196 g/mol. The van der Waals surface area contributed by atoms with Gasteiger partial charge in [-0.2, -0.15) is 0 Å². The van der Waals surface area contributed by atoms with Gasteiger partial charge >= 0.3 is 5.97 Å². The Bertz CT molecular complexity index is 350. The summed E-state index contributed by atoms with van der Waals surface area (Å²) < 4.78 is 16.1. The summed E-state index contributed by atoms with van der Waals surface area (Å²) in [7, 11) is 0. The van der Waals surface area contributed by atoms with Crippen molar-refractivity contribution in [2.45, 2.75) is 19.8 Å². The average Bonchev–Trinajstić information content (AvgIpc) is 2.44. The van der Waals surface area contributed by atoms with E-state index in [4.69, 9.17) is 14.2 Å². The molecule has 1 aromatic carbocycles. The first kappa shape index (κ1) is 9.15. The van der Waals surface area contributed by atoms with Gasteiger partial charge in [-0.1, -0.05) is 6.07 Å². The maximum Gasteiger partial charge on any atom is 0.369 e. The number of benzene rings is 1. The van der Waals surface area contributed by atoms with Crippen LogP contribution in [-0.4, -0.2) is 17.7 Å². The van der Waals surface area contributed by atoms with Gasteiger partial charge in [-0.25, -0.2) is 0 Å². The Labute approximate surface area is 82.0 Å². The van der Waals surface area contributed by atoms with Gasteiger partial charge in [-0.3, -0.25) is 0 Å². The molecule has 4 heteroatoms. The Morgan fingerprint density at radius 1 is 1.43 bits per heavy atom. The molecule has 0 bridgehead atoms. The van der Waals surface area contributed by atoms with E-state index in [1.54, 1.807) is 25.1 Å². The normalized spacial score (nSPS) is 23.9. The predicted octanol–water partition coefficient (Wildman–Crippen LogP) is 1.87. The minimum Gasteiger partial charge on any atom is -0.504 e. The van der Waals surface area contributed by atoms with Crippen molar-refractivity contribution in [3.05, 3.63) is 18.2 Å². The highest BCUT2D eigenvalue weighted by atomic mass is 16.9. The van der Waals surface area contributed by atoms with E-state index in [1.165, 1.54) is 0 Å². The van der Waals surface area contributed by atoms with Crippen molar-refractivity contribution in [2.24, 2.45) is 0 Å². The summed E-state index contributed by atoms with van der Waals surface area (Å²) >= 11 is 0. The highest BCUT2D eigenvalue weighted by Gasteiger charge is 2.39. The molecule has 0 amide bonds. The second kappa shape index (κ2) is 3.06. The van der Waals surface area contributed by atoms with E-state index in [-0.39, 0.29) is 5.75 Å². The molecular formula is C10H12O4. The molecule has 1 atom stereocenters. The SMILES string of the molecule is CCOC1(C)Oc2cccc(O)c2O1. The molecule has 0 radical (unpaired) electrons. The van der Waals surface area contributed by atoms with Gasteiger partial charge in [0.1, 0.15) is 0 Å². The van der Waals surface area contributed by atoms with Crippen LogP contribution in [0.4, 0.5) is 0 Å². The second-order valence-electron chi connectivity index (χ2n) is 3.10. The van der Waals surface area contributed by atoms with Gasteiger partial charge in [0, 0.05) is 6.92 Å². The minimum atomic E-state index is -1.12. The molecule has 1 heterocycles. The number of hydrogen-bond acceptors (Lipinski definition) is 4. The molecular weight excluding hydrogens is 184 g/mol. The molecule has 0 saturated heterocycles. The molecule has 2 rings (SSSR count). The van der Waals surface area contributed by atoms with Gasteiger partial charge in [0.25, 0.3) is 0 Å². The molecule has 0 aliphatic carbocycles. The lowest BCUT2D eigenvalue weighted by Crippen LogP contribution is -2.37. The number of rotatable bonds is 2. The lowest BCUT2D eigenvalue weighted by molar-refractivity contribution is -0.266. The van der Waals surface area contributed by atoms with Crippen LogP contribution in [0.5, 0.6) is 17.2 Å². The van der Waals surface area contributed by atoms with Crippen molar-refractivity contribution in [3.63, 3.8) is 0 Å². The van der Waals surface area contributed by atoms with Crippen LogP contribution < -0.4 is 9.47 Å². The molecule has 0 fully saturated rings. The summed E-state index contributed by atoms with van der Waals surface area (Å²) in [5.74, 6) is -0.217. The molecule has 1 N–H and O–H groups in total. The Hall–Kier alpha value is -1.42. The maximum absolute atomic E-state index is 9.47. The largest absolute Gasteiger partial charge is 0.504 e. The summed E-state index contributed by atoms with van der Waals surface area (Å²) in [6, 6.07) is 4.95. The fraction of sp³-hybridized carbons (Fsp3) is 0.400. The summed E-state index contributed by atoms with van der Waals surface area (Å²) in [6.07, 6.45) is 0. The van der Waals surface area contributed by atoms with Gasteiger partial charge in [0.2, 0.25) is 5.75 Å². The summed E-state index contributed by atoms with van der Waals surface area (Å²) in [4.78, 5) is 0. The van der Waals surface area contributed by atoms with Crippen molar-refractivity contribution in [1.29, 1.82) is 0 Å². The van der Waals surface area contributed by atoms with Crippen molar-refractivity contribution in [2.75, 3.05) is 6.61 Å². The molecule has 0 aromatic heterocycles. The minimum absolute atomic E-state index is 0.0610. The van der Waals surface area contributed by atoms with Crippen molar-refractivity contribution in [1.82, 2.24) is 0 Å². The van der Waals surface area contributed by atoms with Gasteiger partial charge in [-0.15, -0.1) is 0 Å². The lowest BCUT2D eigenvalue weighted by Gasteiger charge is -2.21. The third-order valence-electron chi connectivity index (χ3n) is 1.95. The Balaban J connectivity index is 2.29. The van der Waals surface area contributed by atoms with Crippen molar-refractivity contribution in [3.8, 4) is 17.2 Å². The maximum atomic E-state index is 9.47. The fourth-order valence-electron chi connectivity index (χ4n) is 1.41. The quantitative estimate of drug-likeness (QED) is 0.784. The fourth-order valence-corrected chi connectivity index (χ4v) is 1.41. The molecule has 1 unspecified atom stereocenters.